The molecule has 0 aromatic carbocycles. The van der Waals surface area contributed by atoms with Gasteiger partial charge < -0.3 is 4.89 Å². The number of hydrogen-bond donors (Lipinski definition) is 2. The highest BCUT2D eigenvalue weighted by molar-refractivity contribution is 7.32. The molecule has 1 unspecified atom stereocenters. The lowest BCUT2D eigenvalue weighted by molar-refractivity contribution is 0.292. The van der Waals surface area contributed by atoms with Crippen LogP contribution in [0.4, 0.5) is 0 Å². The van der Waals surface area contributed by atoms with E-state index in [9.17, 15) is 4.57 Å². The standard InChI is InChI=1S/3C2H4.H4NO3P/c3*1-2;1-4-5(2)3/h3*1-2H2;5H,1H2,(H,2,3). The molecule has 0 aromatic rings. The van der Waals surface area contributed by atoms with E-state index >= 15 is 0 Å². The monoisotopic (exact) mass is 181 g/mol. The van der Waals surface area contributed by atoms with Crippen molar-refractivity contribution < 1.29 is 14.1 Å². The lowest BCUT2D eigenvalue weighted by Crippen LogP contribution is -1.84. The van der Waals surface area contributed by atoms with Gasteiger partial charge in [-0.2, -0.15) is 0 Å². The Hall–Kier alpha value is -0.670. The van der Waals surface area contributed by atoms with Crippen molar-refractivity contribution in [1.29, 1.82) is 0 Å². The van der Waals surface area contributed by atoms with Gasteiger partial charge >= 0.3 is 8.25 Å². The molecule has 0 saturated carbocycles. The van der Waals surface area contributed by atoms with Gasteiger partial charge in [-0.1, -0.05) is 0 Å². The molecule has 0 aromatic heterocycles. The fourth-order valence-electron chi connectivity index (χ4n) is 0. The summed E-state index contributed by atoms with van der Waals surface area (Å²) in [5.74, 6) is 4.15. The van der Waals surface area contributed by atoms with E-state index < -0.39 is 8.25 Å². The SMILES string of the molecule is C=C.C=C.C=C.NO[PH](=O)O. The second kappa shape index (κ2) is 58.4. The van der Waals surface area contributed by atoms with Crippen molar-refractivity contribution in [2.75, 3.05) is 0 Å². The summed E-state index contributed by atoms with van der Waals surface area (Å²) in [5, 5.41) is 0. The molecular formula is C6H16NO3P. The highest BCUT2D eigenvalue weighted by Crippen LogP contribution is 2.07. The number of hydrogen-bond acceptors (Lipinski definition) is 3. The van der Waals surface area contributed by atoms with Crippen LogP contribution >= 0.6 is 8.25 Å². The van der Waals surface area contributed by atoms with Crippen LogP contribution in [0, 0.1) is 0 Å². The van der Waals surface area contributed by atoms with Gasteiger partial charge in [-0.3, -0.25) is 4.57 Å². The Balaban J connectivity index is -0.0000000350. The maximum Gasteiger partial charge on any atom is 0.332 e. The van der Waals surface area contributed by atoms with Gasteiger partial charge in [0.2, 0.25) is 0 Å². The molecule has 0 aliphatic carbocycles. The van der Waals surface area contributed by atoms with Crippen LogP contribution in [0.2, 0.25) is 0 Å². The van der Waals surface area contributed by atoms with E-state index in [0.717, 1.165) is 0 Å². The Morgan fingerprint density at radius 2 is 1.18 bits per heavy atom. The molecule has 0 bridgehead atoms. The number of nitrogens with two attached hydrogens (primary N) is 1. The summed E-state index contributed by atoms with van der Waals surface area (Å²) in [7, 11) is -2.85. The van der Waals surface area contributed by atoms with Crippen LogP contribution in [0.25, 0.3) is 0 Å². The molecule has 3 N–H and O–H groups in total. The van der Waals surface area contributed by atoms with Crippen molar-refractivity contribution in [3.8, 4) is 0 Å². The van der Waals surface area contributed by atoms with E-state index in [1.54, 1.807) is 0 Å². The quantitative estimate of drug-likeness (QED) is 0.366. The van der Waals surface area contributed by atoms with E-state index in [0.29, 0.717) is 0 Å². The molecule has 68 valence electrons. The van der Waals surface area contributed by atoms with Crippen molar-refractivity contribution in [2.24, 2.45) is 5.90 Å². The van der Waals surface area contributed by atoms with Crippen molar-refractivity contribution in [3.63, 3.8) is 0 Å². The number of rotatable bonds is 1. The zero-order valence-electron chi connectivity index (χ0n) is 6.58. The van der Waals surface area contributed by atoms with Crippen LogP contribution < -0.4 is 5.90 Å². The van der Waals surface area contributed by atoms with Gasteiger partial charge in [0.15, 0.2) is 0 Å². The maximum atomic E-state index is 9.21. The van der Waals surface area contributed by atoms with Crippen molar-refractivity contribution in [1.82, 2.24) is 0 Å². The third-order valence-corrected chi connectivity index (χ3v) is 0.302. The minimum Gasteiger partial charge on any atom is -0.325 e. The van der Waals surface area contributed by atoms with Gasteiger partial charge in [0, 0.05) is 0 Å². The summed E-state index contributed by atoms with van der Waals surface area (Å²) < 4.78 is 12.6. The fourth-order valence-corrected chi connectivity index (χ4v) is 0. The smallest absolute Gasteiger partial charge is 0.325 e. The van der Waals surface area contributed by atoms with E-state index in [-0.39, 0.29) is 0 Å². The molecule has 1 atom stereocenters. The average molecular weight is 181 g/mol. The first-order valence-electron chi connectivity index (χ1n) is 2.37. The van der Waals surface area contributed by atoms with E-state index in [1.165, 1.54) is 0 Å². The molecule has 5 heteroatoms. The van der Waals surface area contributed by atoms with Crippen LogP contribution in [-0.4, -0.2) is 4.89 Å². The minimum absolute atomic E-state index is 2.85. The molecule has 0 fully saturated rings. The predicted octanol–water partition coefficient (Wildman–Crippen LogP) is 1.67. The summed E-state index contributed by atoms with van der Waals surface area (Å²) in [6, 6.07) is 0. The van der Waals surface area contributed by atoms with Crippen molar-refractivity contribution >= 4 is 8.25 Å². The van der Waals surface area contributed by atoms with E-state index in [2.05, 4.69) is 50.0 Å². The van der Waals surface area contributed by atoms with E-state index in [1.807, 2.05) is 0 Å². The lowest BCUT2D eigenvalue weighted by atomic mass is 11.3. The van der Waals surface area contributed by atoms with Crippen LogP contribution in [0.1, 0.15) is 0 Å². The summed E-state index contributed by atoms with van der Waals surface area (Å²) in [6.45, 7) is 18.0. The Bertz CT molecular complexity index is 75.5. The molecule has 0 radical (unpaired) electrons. The van der Waals surface area contributed by atoms with Crippen LogP contribution in [0.15, 0.2) is 39.5 Å². The first kappa shape index (κ1) is 22.4. The summed E-state index contributed by atoms with van der Waals surface area (Å²) >= 11 is 0. The second-order valence-electron chi connectivity index (χ2n) is 0.384. The molecule has 0 aliphatic heterocycles. The third-order valence-electron chi connectivity index (χ3n) is 0.101. The fraction of sp³-hybridized carbons (Fsp3) is 0. The largest absolute Gasteiger partial charge is 0.332 e. The molecule has 0 saturated heterocycles. The predicted molar refractivity (Wildman–Crippen MR) is 50.3 cm³/mol. The third kappa shape index (κ3) is 283. The average Bonchev–Trinajstić information content (AvgIpc) is 2.15. The summed E-state index contributed by atoms with van der Waals surface area (Å²) in [6.07, 6.45) is 0. The molecule has 0 heterocycles. The van der Waals surface area contributed by atoms with Gasteiger partial charge in [0.1, 0.15) is 0 Å². The summed E-state index contributed by atoms with van der Waals surface area (Å²) in [5.41, 5.74) is 0. The van der Waals surface area contributed by atoms with Crippen molar-refractivity contribution in [3.05, 3.63) is 39.5 Å². The molecule has 0 aliphatic rings. The second-order valence-corrected chi connectivity index (χ2v) is 1.15. The van der Waals surface area contributed by atoms with Crippen LogP contribution in [-0.2, 0) is 9.19 Å². The van der Waals surface area contributed by atoms with Gasteiger partial charge in [-0.25, -0.2) is 10.5 Å². The molecule has 0 amide bonds. The zero-order chi connectivity index (χ0) is 10.3. The normalized spacial score (nSPS) is 7.82. The van der Waals surface area contributed by atoms with Crippen LogP contribution in [0.3, 0.4) is 0 Å². The Labute approximate surface area is 68.6 Å². The Kier molecular flexibility index (Phi) is 119. The molecule has 11 heavy (non-hydrogen) atoms. The Morgan fingerprint density at radius 1 is 1.09 bits per heavy atom. The van der Waals surface area contributed by atoms with E-state index in [4.69, 9.17) is 4.89 Å². The zero-order valence-corrected chi connectivity index (χ0v) is 7.58. The molecule has 4 nitrogen and oxygen atoms in total. The Morgan fingerprint density at radius 3 is 1.18 bits per heavy atom. The lowest BCUT2D eigenvalue weighted by Gasteiger charge is -1.78. The first-order chi connectivity index (χ1) is 5.27. The maximum absolute atomic E-state index is 9.21. The van der Waals surface area contributed by atoms with Gasteiger partial charge in [0.05, 0.1) is 0 Å². The van der Waals surface area contributed by atoms with Gasteiger partial charge in [0.25, 0.3) is 0 Å². The van der Waals surface area contributed by atoms with Gasteiger partial charge in [-0.15, -0.1) is 39.5 Å². The first-order valence-corrected chi connectivity index (χ1v) is 3.63. The molecular weight excluding hydrogens is 165 g/mol. The topological polar surface area (TPSA) is 72.5 Å². The minimum atomic E-state index is -2.85. The molecule has 0 rings (SSSR count). The highest BCUT2D eigenvalue weighted by Gasteiger charge is 1.75. The van der Waals surface area contributed by atoms with Crippen molar-refractivity contribution in [2.45, 2.75) is 0 Å². The molecule has 0 spiro atoms. The van der Waals surface area contributed by atoms with Crippen LogP contribution in [0.5, 0.6) is 0 Å². The summed E-state index contributed by atoms with van der Waals surface area (Å²) in [4.78, 5) is 7.56. The van der Waals surface area contributed by atoms with Gasteiger partial charge in [-0.05, 0) is 0 Å². The highest BCUT2D eigenvalue weighted by atomic mass is 31.1.